The van der Waals surface area contributed by atoms with Gasteiger partial charge in [-0.1, -0.05) is 32.6 Å². The molecule has 0 aromatic rings. The minimum atomic E-state index is -0.296. The molecule has 0 heterocycles. The molecule has 1 aliphatic rings. The lowest BCUT2D eigenvalue weighted by Crippen LogP contribution is -2.38. The van der Waals surface area contributed by atoms with Gasteiger partial charge in [-0.05, 0) is 19.3 Å². The Morgan fingerprint density at radius 1 is 1.22 bits per heavy atom. The van der Waals surface area contributed by atoms with Gasteiger partial charge in [0.25, 0.3) is 0 Å². The number of hydrogen-bond acceptors (Lipinski definition) is 3. The van der Waals surface area contributed by atoms with Gasteiger partial charge in [-0.15, -0.1) is 0 Å². The number of nitrogens with zero attached hydrogens (tertiary/aromatic N) is 1. The molecule has 1 fully saturated rings. The summed E-state index contributed by atoms with van der Waals surface area (Å²) in [6.45, 7) is 2.59. The molecule has 0 aromatic heterocycles. The molecular weight excluding hydrogens is 230 g/mol. The van der Waals surface area contributed by atoms with Crippen molar-refractivity contribution in [3.63, 3.8) is 0 Å². The maximum Gasteiger partial charge on any atom is 0.325 e. The van der Waals surface area contributed by atoms with Crippen molar-refractivity contribution >= 4 is 11.9 Å². The van der Waals surface area contributed by atoms with E-state index in [2.05, 4.69) is 0 Å². The van der Waals surface area contributed by atoms with Crippen LogP contribution >= 0.6 is 0 Å². The van der Waals surface area contributed by atoms with E-state index in [0.717, 1.165) is 38.5 Å². The van der Waals surface area contributed by atoms with Gasteiger partial charge in [-0.3, -0.25) is 9.59 Å². The van der Waals surface area contributed by atoms with E-state index in [4.69, 9.17) is 4.74 Å². The van der Waals surface area contributed by atoms with Gasteiger partial charge in [0.05, 0.1) is 6.61 Å². The summed E-state index contributed by atoms with van der Waals surface area (Å²) in [5.41, 5.74) is 0. The minimum Gasteiger partial charge on any atom is -0.464 e. The number of esters is 1. The molecule has 1 saturated carbocycles. The third-order valence-corrected chi connectivity index (χ3v) is 3.46. The van der Waals surface area contributed by atoms with E-state index in [1.54, 1.807) is 7.05 Å². The lowest BCUT2D eigenvalue weighted by Gasteiger charge is -2.25. The zero-order chi connectivity index (χ0) is 13.4. The van der Waals surface area contributed by atoms with Gasteiger partial charge in [0, 0.05) is 13.0 Å². The third kappa shape index (κ3) is 5.07. The molecule has 4 nitrogen and oxygen atoms in total. The molecule has 0 aromatic carbocycles. The van der Waals surface area contributed by atoms with E-state index in [-0.39, 0.29) is 24.3 Å². The van der Waals surface area contributed by atoms with Gasteiger partial charge in [0.15, 0.2) is 0 Å². The molecule has 0 saturated heterocycles. The Hall–Kier alpha value is -1.06. The van der Waals surface area contributed by atoms with Crippen molar-refractivity contribution in [2.45, 2.75) is 51.9 Å². The Morgan fingerprint density at radius 2 is 1.89 bits per heavy atom. The van der Waals surface area contributed by atoms with Crippen molar-refractivity contribution in [3.05, 3.63) is 0 Å². The van der Waals surface area contributed by atoms with Crippen LogP contribution in [-0.2, 0) is 14.3 Å². The topological polar surface area (TPSA) is 46.6 Å². The fourth-order valence-electron chi connectivity index (χ4n) is 2.31. The molecule has 1 rings (SSSR count). The average Bonchev–Trinajstić information content (AvgIpc) is 2.39. The molecule has 4 heteroatoms. The summed E-state index contributed by atoms with van der Waals surface area (Å²) in [6.07, 6.45) is 7.31. The van der Waals surface area contributed by atoms with Crippen LogP contribution in [0.5, 0.6) is 0 Å². The van der Waals surface area contributed by atoms with Crippen LogP contribution in [-0.4, -0.2) is 37.0 Å². The van der Waals surface area contributed by atoms with E-state index in [0.29, 0.717) is 6.61 Å². The quantitative estimate of drug-likeness (QED) is 0.540. The Bertz CT molecular complexity index is 272. The molecule has 0 N–H and O–H groups in total. The normalized spacial score (nSPS) is 16.3. The van der Waals surface area contributed by atoms with Crippen molar-refractivity contribution in [3.8, 4) is 0 Å². The van der Waals surface area contributed by atoms with Crippen LogP contribution in [0.3, 0.4) is 0 Å². The van der Waals surface area contributed by atoms with Gasteiger partial charge in [0.1, 0.15) is 6.54 Å². The number of likely N-dealkylation sites (N-methyl/N-ethyl adjacent to an activating group) is 1. The Labute approximate surface area is 110 Å². The first-order valence-corrected chi connectivity index (χ1v) is 7.05. The van der Waals surface area contributed by atoms with Gasteiger partial charge in [0.2, 0.25) is 5.91 Å². The predicted molar refractivity (Wildman–Crippen MR) is 70.1 cm³/mol. The molecule has 0 radical (unpaired) electrons. The number of ether oxygens (including phenoxy) is 1. The average molecular weight is 255 g/mol. The molecule has 0 atom stereocenters. The summed E-state index contributed by atoms with van der Waals surface area (Å²) in [4.78, 5) is 25.1. The molecule has 0 aliphatic heterocycles. The number of carbonyl (C=O) groups is 2. The molecule has 0 bridgehead atoms. The Kier molecular flexibility index (Phi) is 6.76. The fourth-order valence-corrected chi connectivity index (χ4v) is 2.31. The zero-order valence-corrected chi connectivity index (χ0v) is 11.6. The zero-order valence-electron chi connectivity index (χ0n) is 11.6. The highest BCUT2D eigenvalue weighted by Gasteiger charge is 2.25. The van der Waals surface area contributed by atoms with Crippen LogP contribution in [0.25, 0.3) is 0 Å². The lowest BCUT2D eigenvalue weighted by molar-refractivity contribution is -0.150. The number of unbranched alkanes of at least 4 members (excludes halogenated alkanes) is 1. The summed E-state index contributed by atoms with van der Waals surface area (Å²) in [5, 5.41) is 0. The molecule has 0 unspecified atom stereocenters. The first-order chi connectivity index (χ1) is 8.65. The molecule has 1 amide bonds. The fraction of sp³-hybridized carbons (Fsp3) is 0.857. The Morgan fingerprint density at radius 3 is 2.50 bits per heavy atom. The van der Waals surface area contributed by atoms with Crippen LogP contribution in [0.15, 0.2) is 0 Å². The van der Waals surface area contributed by atoms with Crippen LogP contribution < -0.4 is 0 Å². The molecule has 1 aliphatic carbocycles. The predicted octanol–water partition coefficient (Wildman–Crippen LogP) is 2.37. The van der Waals surface area contributed by atoms with Crippen molar-refractivity contribution < 1.29 is 14.3 Å². The number of amides is 1. The maximum absolute atomic E-state index is 12.1. The lowest BCUT2D eigenvalue weighted by atomic mass is 9.88. The third-order valence-electron chi connectivity index (χ3n) is 3.46. The van der Waals surface area contributed by atoms with E-state index in [9.17, 15) is 9.59 Å². The van der Waals surface area contributed by atoms with Crippen LogP contribution in [0.4, 0.5) is 0 Å². The second-order valence-electron chi connectivity index (χ2n) is 5.10. The summed E-state index contributed by atoms with van der Waals surface area (Å²) < 4.78 is 5.06. The second kappa shape index (κ2) is 8.11. The first-order valence-electron chi connectivity index (χ1n) is 7.05. The summed E-state index contributed by atoms with van der Waals surface area (Å²) in [5.74, 6) is -0.0792. The summed E-state index contributed by atoms with van der Waals surface area (Å²) >= 11 is 0. The SMILES string of the molecule is CCCCOC(=O)CN(C)C(=O)C1CCCCC1. The van der Waals surface area contributed by atoms with E-state index < -0.39 is 0 Å². The van der Waals surface area contributed by atoms with E-state index >= 15 is 0 Å². The van der Waals surface area contributed by atoms with Crippen molar-refractivity contribution in [1.82, 2.24) is 4.90 Å². The standard InChI is InChI=1S/C14H25NO3/c1-3-4-10-18-13(16)11-15(2)14(17)12-8-6-5-7-9-12/h12H,3-11H2,1-2H3. The summed E-state index contributed by atoms with van der Waals surface area (Å²) in [6, 6.07) is 0. The molecule has 18 heavy (non-hydrogen) atoms. The maximum atomic E-state index is 12.1. The highest BCUT2D eigenvalue weighted by Crippen LogP contribution is 2.24. The van der Waals surface area contributed by atoms with Gasteiger partial charge < -0.3 is 9.64 Å². The highest BCUT2D eigenvalue weighted by atomic mass is 16.5. The minimum absolute atomic E-state index is 0.0824. The monoisotopic (exact) mass is 255 g/mol. The largest absolute Gasteiger partial charge is 0.464 e. The Balaban J connectivity index is 2.27. The molecular formula is C14H25NO3. The number of carbonyl (C=O) groups excluding carboxylic acids is 2. The highest BCUT2D eigenvalue weighted by molar-refractivity contribution is 5.83. The van der Waals surface area contributed by atoms with Crippen molar-refractivity contribution in [1.29, 1.82) is 0 Å². The van der Waals surface area contributed by atoms with Gasteiger partial charge >= 0.3 is 5.97 Å². The van der Waals surface area contributed by atoms with Crippen LogP contribution in [0.1, 0.15) is 51.9 Å². The second-order valence-corrected chi connectivity index (χ2v) is 5.10. The number of hydrogen-bond donors (Lipinski definition) is 0. The molecule has 104 valence electrons. The first kappa shape index (κ1) is 15.0. The van der Waals surface area contributed by atoms with Gasteiger partial charge in [-0.2, -0.15) is 0 Å². The van der Waals surface area contributed by atoms with Crippen LogP contribution in [0, 0.1) is 5.92 Å². The summed E-state index contributed by atoms with van der Waals surface area (Å²) in [7, 11) is 1.69. The van der Waals surface area contributed by atoms with Gasteiger partial charge in [-0.25, -0.2) is 0 Å². The van der Waals surface area contributed by atoms with Crippen molar-refractivity contribution in [2.24, 2.45) is 5.92 Å². The molecule has 0 spiro atoms. The van der Waals surface area contributed by atoms with Crippen molar-refractivity contribution in [2.75, 3.05) is 20.2 Å². The van der Waals surface area contributed by atoms with Crippen LogP contribution in [0.2, 0.25) is 0 Å². The number of rotatable bonds is 6. The van der Waals surface area contributed by atoms with E-state index in [1.807, 2.05) is 6.92 Å². The smallest absolute Gasteiger partial charge is 0.325 e. The van der Waals surface area contributed by atoms with E-state index in [1.165, 1.54) is 11.3 Å².